The van der Waals surface area contributed by atoms with Crippen LogP contribution in [-0.4, -0.2) is 41.5 Å². The highest BCUT2D eigenvalue weighted by atomic mass is 16.5. The van der Waals surface area contributed by atoms with Crippen molar-refractivity contribution >= 4 is 11.6 Å². The number of methoxy groups -OCH3 is 5. The van der Waals surface area contributed by atoms with Crippen LogP contribution >= 0.6 is 0 Å². The molecular formula is C20H23NO6. The molecule has 3 rings (SSSR count). The van der Waals surface area contributed by atoms with E-state index in [0.29, 0.717) is 34.4 Å². The maximum absolute atomic E-state index is 12.4. The molecule has 1 atom stereocenters. The Morgan fingerprint density at radius 1 is 0.815 bits per heavy atom. The van der Waals surface area contributed by atoms with Gasteiger partial charge in [-0.25, -0.2) is 0 Å². The number of fused-ring (bicyclic) bond motifs is 1. The SMILES string of the molecule is COc1cc2c(c(OC)c1)[C@@H](c1cc(OC)c(OC)c(OC)c1)CC(=O)N2. The van der Waals surface area contributed by atoms with E-state index in [1.54, 1.807) is 47.7 Å². The van der Waals surface area contributed by atoms with E-state index in [1.807, 2.05) is 12.1 Å². The molecule has 2 aromatic rings. The Hall–Kier alpha value is -3.09. The van der Waals surface area contributed by atoms with Crippen LogP contribution in [0.4, 0.5) is 5.69 Å². The van der Waals surface area contributed by atoms with Crippen molar-refractivity contribution in [2.24, 2.45) is 0 Å². The van der Waals surface area contributed by atoms with Crippen LogP contribution in [0.2, 0.25) is 0 Å². The third kappa shape index (κ3) is 3.32. The number of benzene rings is 2. The second kappa shape index (κ2) is 7.65. The molecule has 0 saturated heterocycles. The van der Waals surface area contributed by atoms with Gasteiger partial charge in [0.05, 0.1) is 41.2 Å². The third-order valence-corrected chi connectivity index (χ3v) is 4.67. The summed E-state index contributed by atoms with van der Waals surface area (Å²) in [4.78, 5) is 12.4. The fourth-order valence-corrected chi connectivity index (χ4v) is 3.43. The van der Waals surface area contributed by atoms with Crippen LogP contribution in [0.5, 0.6) is 28.7 Å². The topological polar surface area (TPSA) is 75.2 Å². The van der Waals surface area contributed by atoms with Crippen molar-refractivity contribution in [1.29, 1.82) is 0 Å². The van der Waals surface area contributed by atoms with Gasteiger partial charge < -0.3 is 29.0 Å². The molecule has 0 fully saturated rings. The van der Waals surface area contributed by atoms with Crippen LogP contribution in [0.15, 0.2) is 24.3 Å². The Morgan fingerprint density at radius 2 is 1.44 bits per heavy atom. The highest BCUT2D eigenvalue weighted by molar-refractivity contribution is 5.96. The van der Waals surface area contributed by atoms with Crippen molar-refractivity contribution in [3.05, 3.63) is 35.4 Å². The van der Waals surface area contributed by atoms with Crippen molar-refractivity contribution in [3.8, 4) is 28.7 Å². The van der Waals surface area contributed by atoms with Gasteiger partial charge in [0, 0.05) is 30.0 Å². The summed E-state index contributed by atoms with van der Waals surface area (Å²) >= 11 is 0. The van der Waals surface area contributed by atoms with Gasteiger partial charge in [-0.1, -0.05) is 0 Å². The monoisotopic (exact) mass is 373 g/mol. The van der Waals surface area contributed by atoms with E-state index in [0.717, 1.165) is 11.1 Å². The summed E-state index contributed by atoms with van der Waals surface area (Å²) in [6.45, 7) is 0. The van der Waals surface area contributed by atoms with Crippen LogP contribution in [-0.2, 0) is 4.79 Å². The molecule has 1 N–H and O–H groups in total. The Kier molecular flexibility index (Phi) is 5.30. The molecule has 7 nitrogen and oxygen atoms in total. The van der Waals surface area contributed by atoms with Gasteiger partial charge in [-0.05, 0) is 17.7 Å². The molecule has 1 amide bonds. The van der Waals surface area contributed by atoms with Crippen LogP contribution in [0, 0.1) is 0 Å². The number of carbonyl (C=O) groups is 1. The molecule has 0 aromatic heterocycles. The van der Waals surface area contributed by atoms with Gasteiger partial charge in [-0.2, -0.15) is 0 Å². The van der Waals surface area contributed by atoms with Crippen molar-refractivity contribution in [1.82, 2.24) is 0 Å². The lowest BCUT2D eigenvalue weighted by atomic mass is 9.83. The van der Waals surface area contributed by atoms with E-state index in [1.165, 1.54) is 0 Å². The standard InChI is InChI=1S/C20H23NO6/c1-23-12-8-14-19(15(9-12)24-2)13(10-18(22)21-14)11-6-16(25-3)20(27-5)17(7-11)26-4/h6-9,13H,10H2,1-5H3,(H,21,22)/t13-/m1/s1. The normalized spacial score (nSPS) is 15.4. The lowest BCUT2D eigenvalue weighted by Gasteiger charge is -2.29. The van der Waals surface area contributed by atoms with Crippen LogP contribution in [0.3, 0.4) is 0 Å². The second-order valence-corrected chi connectivity index (χ2v) is 6.05. The van der Waals surface area contributed by atoms with E-state index >= 15 is 0 Å². The first-order valence-electron chi connectivity index (χ1n) is 8.41. The molecule has 7 heteroatoms. The number of anilines is 1. The first-order valence-corrected chi connectivity index (χ1v) is 8.41. The van der Waals surface area contributed by atoms with E-state index in [2.05, 4.69) is 5.32 Å². The molecule has 1 aliphatic heterocycles. The largest absolute Gasteiger partial charge is 0.497 e. The summed E-state index contributed by atoms with van der Waals surface area (Å²) in [5.74, 6) is 2.50. The molecule has 0 spiro atoms. The average Bonchev–Trinajstić information content (AvgIpc) is 2.70. The van der Waals surface area contributed by atoms with Crippen molar-refractivity contribution < 1.29 is 28.5 Å². The van der Waals surface area contributed by atoms with Gasteiger partial charge in [-0.15, -0.1) is 0 Å². The molecule has 27 heavy (non-hydrogen) atoms. The Bertz CT molecular complexity index is 839. The summed E-state index contributed by atoms with van der Waals surface area (Å²) < 4.78 is 27.2. The fraction of sp³-hybridized carbons (Fsp3) is 0.350. The summed E-state index contributed by atoms with van der Waals surface area (Å²) in [5, 5.41) is 2.90. The minimum Gasteiger partial charge on any atom is -0.497 e. The minimum atomic E-state index is -0.233. The molecule has 2 aromatic carbocycles. The predicted octanol–water partition coefficient (Wildman–Crippen LogP) is 3.20. The first-order chi connectivity index (χ1) is 13.1. The van der Waals surface area contributed by atoms with Crippen LogP contribution < -0.4 is 29.0 Å². The molecule has 0 unspecified atom stereocenters. The van der Waals surface area contributed by atoms with Crippen molar-refractivity contribution in [2.45, 2.75) is 12.3 Å². The zero-order chi connectivity index (χ0) is 19.6. The summed E-state index contributed by atoms with van der Waals surface area (Å²) in [6, 6.07) is 7.32. The number of amides is 1. The smallest absolute Gasteiger partial charge is 0.225 e. The summed E-state index contributed by atoms with van der Waals surface area (Å²) in [7, 11) is 7.85. The van der Waals surface area contributed by atoms with Gasteiger partial charge in [0.1, 0.15) is 11.5 Å². The fourth-order valence-electron chi connectivity index (χ4n) is 3.43. The molecule has 0 saturated carbocycles. The minimum absolute atomic E-state index is 0.0865. The van der Waals surface area contributed by atoms with Crippen molar-refractivity contribution in [3.63, 3.8) is 0 Å². The first kappa shape index (κ1) is 18.7. The van der Waals surface area contributed by atoms with E-state index in [9.17, 15) is 4.79 Å². The van der Waals surface area contributed by atoms with E-state index in [-0.39, 0.29) is 18.2 Å². The molecule has 1 heterocycles. The molecule has 1 aliphatic rings. The zero-order valence-corrected chi connectivity index (χ0v) is 16.0. The number of rotatable bonds is 6. The Morgan fingerprint density at radius 3 is 1.96 bits per heavy atom. The van der Waals surface area contributed by atoms with Gasteiger partial charge >= 0.3 is 0 Å². The van der Waals surface area contributed by atoms with E-state index in [4.69, 9.17) is 23.7 Å². The molecule has 0 bridgehead atoms. The quantitative estimate of drug-likeness (QED) is 0.838. The second-order valence-electron chi connectivity index (χ2n) is 6.05. The lowest BCUT2D eigenvalue weighted by Crippen LogP contribution is -2.24. The predicted molar refractivity (Wildman–Crippen MR) is 101 cm³/mol. The highest BCUT2D eigenvalue weighted by Gasteiger charge is 2.32. The van der Waals surface area contributed by atoms with Crippen LogP contribution in [0.25, 0.3) is 0 Å². The average molecular weight is 373 g/mol. The summed E-state index contributed by atoms with van der Waals surface area (Å²) in [5.41, 5.74) is 2.41. The Labute approximate surface area is 158 Å². The molecule has 0 radical (unpaired) electrons. The number of hydrogen-bond acceptors (Lipinski definition) is 6. The van der Waals surface area contributed by atoms with Crippen molar-refractivity contribution in [2.75, 3.05) is 40.9 Å². The van der Waals surface area contributed by atoms with Crippen LogP contribution in [0.1, 0.15) is 23.5 Å². The van der Waals surface area contributed by atoms with Gasteiger partial charge in [0.25, 0.3) is 0 Å². The van der Waals surface area contributed by atoms with E-state index < -0.39 is 0 Å². The lowest BCUT2D eigenvalue weighted by molar-refractivity contribution is -0.116. The number of carbonyl (C=O) groups excluding carboxylic acids is 1. The third-order valence-electron chi connectivity index (χ3n) is 4.67. The molecular weight excluding hydrogens is 350 g/mol. The number of nitrogens with one attached hydrogen (secondary N) is 1. The summed E-state index contributed by atoms with van der Waals surface area (Å²) in [6.07, 6.45) is 0.272. The molecule has 0 aliphatic carbocycles. The van der Waals surface area contributed by atoms with Gasteiger partial charge in [0.15, 0.2) is 11.5 Å². The maximum Gasteiger partial charge on any atom is 0.225 e. The zero-order valence-electron chi connectivity index (χ0n) is 16.0. The maximum atomic E-state index is 12.4. The highest BCUT2D eigenvalue weighted by Crippen LogP contribution is 2.48. The number of hydrogen-bond donors (Lipinski definition) is 1. The van der Waals surface area contributed by atoms with Gasteiger partial charge in [-0.3, -0.25) is 4.79 Å². The number of ether oxygens (including phenoxy) is 5. The van der Waals surface area contributed by atoms with Gasteiger partial charge in [0.2, 0.25) is 11.7 Å². The Balaban J connectivity index is 2.21. The molecule has 144 valence electrons.